The molecule has 0 heterocycles. The lowest BCUT2D eigenvalue weighted by atomic mass is 9.95. The largest absolute Gasteiger partial charge is 0.493 e. The van der Waals surface area contributed by atoms with Crippen LogP contribution < -0.4 is 30.7 Å². The van der Waals surface area contributed by atoms with Gasteiger partial charge >= 0.3 is 0 Å². The summed E-state index contributed by atoms with van der Waals surface area (Å²) in [5.41, 5.74) is 9.03. The van der Waals surface area contributed by atoms with Crippen molar-refractivity contribution in [2.75, 3.05) is 27.6 Å². The molecule has 0 spiro atoms. The molecule has 1 aliphatic rings. The predicted molar refractivity (Wildman–Crippen MR) is 122 cm³/mol. The Hall–Kier alpha value is -2.71. The van der Waals surface area contributed by atoms with Crippen LogP contribution >= 0.6 is 11.8 Å². The number of carbonyl (C=O) groups is 1. The van der Waals surface area contributed by atoms with Gasteiger partial charge in [-0.25, -0.2) is 0 Å². The number of carbonyl (C=O) groups excluding carboxylic acids is 1. The summed E-state index contributed by atoms with van der Waals surface area (Å²) in [6, 6.07) is 6.22. The number of aryl methyl sites for hydroxylation is 1. The molecule has 3 rings (SSSR count). The molecule has 0 saturated heterocycles. The summed E-state index contributed by atoms with van der Waals surface area (Å²) in [4.78, 5) is 25.9. The van der Waals surface area contributed by atoms with E-state index in [2.05, 4.69) is 5.32 Å². The highest BCUT2D eigenvalue weighted by molar-refractivity contribution is 7.98. The van der Waals surface area contributed by atoms with Gasteiger partial charge in [0.05, 0.1) is 38.3 Å². The number of rotatable bonds is 6. The number of ether oxygens (including phenoxy) is 3. The van der Waals surface area contributed by atoms with Gasteiger partial charge in [0.2, 0.25) is 11.7 Å². The van der Waals surface area contributed by atoms with Gasteiger partial charge in [-0.2, -0.15) is 0 Å². The van der Waals surface area contributed by atoms with Gasteiger partial charge in [0.25, 0.3) is 0 Å². The molecular formula is C23H28N2O5S. The van der Waals surface area contributed by atoms with Crippen molar-refractivity contribution in [2.24, 2.45) is 5.73 Å². The van der Waals surface area contributed by atoms with Crippen LogP contribution in [0, 0.1) is 0 Å². The van der Waals surface area contributed by atoms with E-state index < -0.39 is 6.04 Å². The maximum Gasteiger partial charge on any atom is 0.237 e. The molecule has 2 aromatic rings. The van der Waals surface area contributed by atoms with Crippen molar-refractivity contribution < 1.29 is 19.0 Å². The molecular weight excluding hydrogens is 416 g/mol. The SMILES string of the molecule is COc1cc2c(c(OC)c1OC)-c1ccc(SC)c(=O)cc1[C@@H](NC(=O)[C@@H](C)N)CC2. The Morgan fingerprint density at radius 3 is 2.45 bits per heavy atom. The maximum absolute atomic E-state index is 12.9. The highest BCUT2D eigenvalue weighted by atomic mass is 32.2. The number of benzene rings is 1. The lowest BCUT2D eigenvalue weighted by Gasteiger charge is -2.20. The van der Waals surface area contributed by atoms with Gasteiger partial charge in [0.1, 0.15) is 0 Å². The Balaban J connectivity index is 2.36. The van der Waals surface area contributed by atoms with Gasteiger partial charge in [-0.1, -0.05) is 6.07 Å². The lowest BCUT2D eigenvalue weighted by Crippen LogP contribution is -2.40. The van der Waals surface area contributed by atoms with Crippen molar-refractivity contribution in [2.45, 2.75) is 36.7 Å². The zero-order valence-electron chi connectivity index (χ0n) is 18.4. The lowest BCUT2D eigenvalue weighted by molar-refractivity contribution is -0.122. The van der Waals surface area contributed by atoms with Crippen LogP contribution in [0.15, 0.2) is 34.0 Å². The molecule has 7 nitrogen and oxygen atoms in total. The van der Waals surface area contributed by atoms with Crippen LogP contribution in [0.2, 0.25) is 0 Å². The summed E-state index contributed by atoms with van der Waals surface area (Å²) >= 11 is 1.38. The monoisotopic (exact) mass is 444 g/mol. The molecule has 0 bridgehead atoms. The van der Waals surface area contributed by atoms with Crippen molar-refractivity contribution in [3.63, 3.8) is 0 Å². The Labute approximate surface area is 186 Å². The van der Waals surface area contributed by atoms with Crippen LogP contribution in [-0.2, 0) is 11.2 Å². The Morgan fingerprint density at radius 1 is 1.16 bits per heavy atom. The van der Waals surface area contributed by atoms with E-state index >= 15 is 0 Å². The van der Waals surface area contributed by atoms with E-state index in [1.165, 1.54) is 11.8 Å². The van der Waals surface area contributed by atoms with Crippen LogP contribution in [0.3, 0.4) is 0 Å². The van der Waals surface area contributed by atoms with E-state index in [0.29, 0.717) is 35.0 Å². The molecule has 0 unspecified atom stereocenters. The van der Waals surface area contributed by atoms with Gasteiger partial charge in [-0.3, -0.25) is 9.59 Å². The third kappa shape index (κ3) is 4.36. The fraction of sp³-hybridized carbons (Fsp3) is 0.391. The minimum Gasteiger partial charge on any atom is -0.493 e. The Bertz CT molecular complexity index is 1050. The number of thioether (sulfide) groups is 1. The molecule has 2 aromatic carbocycles. The summed E-state index contributed by atoms with van der Waals surface area (Å²) in [7, 11) is 4.71. The number of nitrogens with two attached hydrogens (primary N) is 1. The number of amides is 1. The van der Waals surface area contributed by atoms with Crippen LogP contribution in [0.25, 0.3) is 11.1 Å². The number of hydrogen-bond donors (Lipinski definition) is 2. The minimum absolute atomic E-state index is 0.100. The molecule has 0 aliphatic heterocycles. The quantitative estimate of drug-likeness (QED) is 0.661. The molecule has 0 radical (unpaired) electrons. The zero-order chi connectivity index (χ0) is 22.7. The molecule has 1 aliphatic carbocycles. The van der Waals surface area contributed by atoms with Gasteiger partial charge in [0.15, 0.2) is 16.9 Å². The second-order valence-corrected chi connectivity index (χ2v) is 8.20. The number of nitrogens with one attached hydrogen (secondary N) is 1. The summed E-state index contributed by atoms with van der Waals surface area (Å²) in [6.45, 7) is 1.64. The molecule has 8 heteroatoms. The molecule has 0 fully saturated rings. The first-order valence-corrected chi connectivity index (χ1v) is 11.2. The Kier molecular flexibility index (Phi) is 7.12. The van der Waals surface area contributed by atoms with E-state index in [9.17, 15) is 9.59 Å². The van der Waals surface area contributed by atoms with Crippen LogP contribution in [0.1, 0.15) is 30.5 Å². The highest BCUT2D eigenvalue weighted by Gasteiger charge is 2.30. The molecule has 31 heavy (non-hydrogen) atoms. The Morgan fingerprint density at radius 2 is 1.87 bits per heavy atom. The van der Waals surface area contributed by atoms with Gasteiger partial charge in [0, 0.05) is 5.56 Å². The number of hydrogen-bond acceptors (Lipinski definition) is 7. The van der Waals surface area contributed by atoms with Crippen molar-refractivity contribution in [3.8, 4) is 28.4 Å². The van der Waals surface area contributed by atoms with E-state index in [1.807, 2.05) is 24.5 Å². The third-order valence-electron chi connectivity index (χ3n) is 5.45. The fourth-order valence-electron chi connectivity index (χ4n) is 3.92. The van der Waals surface area contributed by atoms with E-state index in [4.69, 9.17) is 19.9 Å². The first-order valence-electron chi connectivity index (χ1n) is 9.96. The summed E-state index contributed by atoms with van der Waals surface area (Å²) in [6.07, 6.45) is 3.09. The average molecular weight is 445 g/mol. The smallest absolute Gasteiger partial charge is 0.237 e. The van der Waals surface area contributed by atoms with Gasteiger partial charge < -0.3 is 25.3 Å². The van der Waals surface area contributed by atoms with Crippen molar-refractivity contribution in [3.05, 3.63) is 45.6 Å². The first kappa shape index (κ1) is 23.0. The zero-order valence-corrected chi connectivity index (χ0v) is 19.2. The summed E-state index contributed by atoms with van der Waals surface area (Å²) < 4.78 is 16.9. The van der Waals surface area contributed by atoms with Crippen LogP contribution in [0.4, 0.5) is 0 Å². The molecule has 166 valence electrons. The molecule has 1 amide bonds. The number of methoxy groups -OCH3 is 3. The van der Waals surface area contributed by atoms with Crippen LogP contribution in [0.5, 0.6) is 17.2 Å². The second kappa shape index (κ2) is 9.62. The van der Waals surface area contributed by atoms with Crippen molar-refractivity contribution in [1.29, 1.82) is 0 Å². The first-order chi connectivity index (χ1) is 14.9. The van der Waals surface area contributed by atoms with E-state index in [0.717, 1.165) is 22.3 Å². The average Bonchev–Trinajstić information content (AvgIpc) is 3.00. The highest BCUT2D eigenvalue weighted by Crippen LogP contribution is 2.50. The van der Waals surface area contributed by atoms with Crippen molar-refractivity contribution in [1.82, 2.24) is 5.32 Å². The number of fused-ring (bicyclic) bond motifs is 3. The van der Waals surface area contributed by atoms with Gasteiger partial charge in [-0.05, 0) is 60.9 Å². The van der Waals surface area contributed by atoms with Crippen LogP contribution in [-0.4, -0.2) is 39.5 Å². The van der Waals surface area contributed by atoms with Gasteiger partial charge in [-0.15, -0.1) is 11.8 Å². The topological polar surface area (TPSA) is 99.9 Å². The summed E-state index contributed by atoms with van der Waals surface area (Å²) in [5.74, 6) is 1.30. The molecule has 3 N–H and O–H groups in total. The molecule has 0 saturated carbocycles. The third-order valence-corrected chi connectivity index (χ3v) is 6.23. The predicted octanol–water partition coefficient (Wildman–Crippen LogP) is 2.91. The molecule has 0 aromatic heterocycles. The standard InChI is InChI=1S/C23H28N2O5S/c1-12(24)23(27)25-16-8-6-13-10-18(28-2)21(29-3)22(30-4)20(13)14-7-9-19(31-5)17(26)11-15(14)16/h7,9-12,16H,6,8,24H2,1-5H3,(H,25,27)/t12-,16+/m1/s1. The molecule has 2 atom stereocenters. The second-order valence-electron chi connectivity index (χ2n) is 7.35. The fourth-order valence-corrected chi connectivity index (χ4v) is 4.38. The normalized spacial score (nSPS) is 15.7. The minimum atomic E-state index is -0.658. The van der Waals surface area contributed by atoms with Crippen molar-refractivity contribution >= 4 is 17.7 Å². The maximum atomic E-state index is 12.9. The summed E-state index contributed by atoms with van der Waals surface area (Å²) in [5, 5.41) is 3.01. The van der Waals surface area contributed by atoms with E-state index in [-0.39, 0.29) is 17.4 Å². The van der Waals surface area contributed by atoms with E-state index in [1.54, 1.807) is 34.3 Å².